The summed E-state index contributed by atoms with van der Waals surface area (Å²) in [6.45, 7) is 6.41. The molecular weight excluding hydrogens is 396 g/mol. The second-order valence-electron chi connectivity index (χ2n) is 7.34. The Morgan fingerprint density at radius 2 is 1.48 bits per heavy atom. The van der Waals surface area contributed by atoms with E-state index in [1.807, 2.05) is 25.1 Å². The molecule has 1 N–H and O–H groups in total. The van der Waals surface area contributed by atoms with E-state index in [-0.39, 0.29) is 6.04 Å². The van der Waals surface area contributed by atoms with Crippen LogP contribution in [0, 0.1) is 0 Å². The topological polar surface area (TPSA) is 61.4 Å². The molecule has 0 saturated carbocycles. The Kier molecular flexibility index (Phi) is 8.26. The number of nitrogens with zero attached hydrogens (tertiary/aromatic N) is 1. The van der Waals surface area contributed by atoms with E-state index in [9.17, 15) is 0 Å². The van der Waals surface area contributed by atoms with Gasteiger partial charge in [-0.25, -0.2) is 0 Å². The van der Waals surface area contributed by atoms with Crippen molar-refractivity contribution >= 4 is 0 Å². The fourth-order valence-corrected chi connectivity index (χ4v) is 4.13. The minimum absolute atomic E-state index is 0.00119. The zero-order valence-corrected chi connectivity index (χ0v) is 19.2. The summed E-state index contributed by atoms with van der Waals surface area (Å²) in [6, 6.07) is 10.2. The van der Waals surface area contributed by atoms with Gasteiger partial charge in [-0.15, -0.1) is 0 Å². The summed E-state index contributed by atoms with van der Waals surface area (Å²) in [5.74, 6) is 3.36. The molecular formula is C24H34N2O5. The highest BCUT2D eigenvalue weighted by molar-refractivity contribution is 5.56. The third-order valence-electron chi connectivity index (χ3n) is 5.55. The molecule has 1 atom stereocenters. The van der Waals surface area contributed by atoms with Crippen LogP contribution in [-0.4, -0.2) is 66.1 Å². The van der Waals surface area contributed by atoms with E-state index in [0.29, 0.717) is 23.9 Å². The lowest BCUT2D eigenvalue weighted by Gasteiger charge is -2.32. The fourth-order valence-electron chi connectivity index (χ4n) is 4.13. The highest BCUT2D eigenvalue weighted by atomic mass is 16.5. The Hall–Kier alpha value is -2.64. The maximum atomic E-state index is 5.87. The Balaban J connectivity index is 2.15. The first-order valence-electron chi connectivity index (χ1n) is 10.7. The lowest BCUT2D eigenvalue weighted by molar-refractivity contribution is 0.238. The van der Waals surface area contributed by atoms with Crippen molar-refractivity contribution in [3.63, 3.8) is 0 Å². The summed E-state index contributed by atoms with van der Waals surface area (Å²) in [7, 11) is 6.57. The van der Waals surface area contributed by atoms with Crippen LogP contribution in [0.15, 0.2) is 30.3 Å². The fraction of sp³-hybridized carbons (Fsp3) is 0.500. The van der Waals surface area contributed by atoms with Gasteiger partial charge in [0.15, 0.2) is 23.0 Å². The quantitative estimate of drug-likeness (QED) is 0.653. The van der Waals surface area contributed by atoms with Crippen molar-refractivity contribution < 1.29 is 23.7 Å². The molecule has 7 heteroatoms. The van der Waals surface area contributed by atoms with Crippen molar-refractivity contribution in [3.05, 3.63) is 41.5 Å². The molecule has 0 aromatic heterocycles. The zero-order valence-electron chi connectivity index (χ0n) is 19.2. The SMILES string of the molecule is CCOc1cc(C(c2cc(OC)c(OC)c(OC)c2)N2CCCNCC2)ccc1OC. The molecule has 1 aliphatic heterocycles. The molecule has 1 unspecified atom stereocenters. The van der Waals surface area contributed by atoms with Gasteiger partial charge in [-0.2, -0.15) is 0 Å². The van der Waals surface area contributed by atoms with E-state index in [1.54, 1.807) is 28.4 Å². The van der Waals surface area contributed by atoms with Gasteiger partial charge in [0.2, 0.25) is 5.75 Å². The lowest BCUT2D eigenvalue weighted by atomic mass is 9.95. The van der Waals surface area contributed by atoms with Crippen LogP contribution in [0.25, 0.3) is 0 Å². The van der Waals surface area contributed by atoms with Crippen LogP contribution >= 0.6 is 0 Å². The number of benzene rings is 2. The molecule has 1 fully saturated rings. The molecule has 1 heterocycles. The van der Waals surface area contributed by atoms with Gasteiger partial charge >= 0.3 is 0 Å². The molecule has 1 saturated heterocycles. The third kappa shape index (κ3) is 5.17. The maximum Gasteiger partial charge on any atom is 0.203 e. The summed E-state index contributed by atoms with van der Waals surface area (Å²) in [5, 5.41) is 3.49. The molecule has 1 aliphatic rings. The monoisotopic (exact) mass is 430 g/mol. The van der Waals surface area contributed by atoms with Gasteiger partial charge in [-0.1, -0.05) is 6.07 Å². The summed E-state index contributed by atoms with van der Waals surface area (Å²) in [4.78, 5) is 2.48. The number of hydrogen-bond acceptors (Lipinski definition) is 7. The van der Waals surface area contributed by atoms with Crippen LogP contribution in [0.3, 0.4) is 0 Å². The summed E-state index contributed by atoms with van der Waals surface area (Å²) in [6.07, 6.45) is 1.08. The summed E-state index contributed by atoms with van der Waals surface area (Å²) in [5.41, 5.74) is 2.20. The molecule has 2 aromatic rings. The van der Waals surface area contributed by atoms with Gasteiger partial charge < -0.3 is 29.0 Å². The molecule has 3 rings (SSSR count). The highest BCUT2D eigenvalue weighted by Gasteiger charge is 2.27. The Labute approximate surface area is 185 Å². The van der Waals surface area contributed by atoms with E-state index in [2.05, 4.69) is 22.3 Å². The van der Waals surface area contributed by atoms with Crippen molar-refractivity contribution in [2.45, 2.75) is 19.4 Å². The number of rotatable bonds is 9. The Morgan fingerprint density at radius 1 is 0.806 bits per heavy atom. The molecule has 0 spiro atoms. The summed E-state index contributed by atoms with van der Waals surface area (Å²) < 4.78 is 28.2. The molecule has 0 radical (unpaired) electrons. The molecule has 170 valence electrons. The van der Waals surface area contributed by atoms with Crippen molar-refractivity contribution in [2.24, 2.45) is 0 Å². The second-order valence-corrected chi connectivity index (χ2v) is 7.34. The minimum atomic E-state index is -0.00119. The van der Waals surface area contributed by atoms with Crippen LogP contribution < -0.4 is 29.0 Å². The predicted molar refractivity (Wildman–Crippen MR) is 121 cm³/mol. The largest absolute Gasteiger partial charge is 0.493 e. The Bertz CT molecular complexity index is 825. The van der Waals surface area contributed by atoms with Crippen molar-refractivity contribution in [1.29, 1.82) is 0 Å². The normalized spacial score (nSPS) is 15.6. The van der Waals surface area contributed by atoms with E-state index in [1.165, 1.54) is 0 Å². The van der Waals surface area contributed by atoms with Crippen molar-refractivity contribution in [1.82, 2.24) is 10.2 Å². The van der Waals surface area contributed by atoms with Crippen molar-refractivity contribution in [3.8, 4) is 28.7 Å². The maximum absolute atomic E-state index is 5.87. The minimum Gasteiger partial charge on any atom is -0.493 e. The molecule has 2 aromatic carbocycles. The van der Waals surface area contributed by atoms with Crippen molar-refractivity contribution in [2.75, 3.05) is 61.2 Å². The van der Waals surface area contributed by atoms with Crippen LogP contribution in [-0.2, 0) is 0 Å². The number of nitrogens with one attached hydrogen (secondary N) is 1. The first-order valence-corrected chi connectivity index (χ1v) is 10.7. The highest BCUT2D eigenvalue weighted by Crippen LogP contribution is 2.43. The first-order chi connectivity index (χ1) is 15.2. The molecule has 0 amide bonds. The average Bonchev–Trinajstić information content (AvgIpc) is 3.08. The van der Waals surface area contributed by atoms with Gasteiger partial charge in [-0.05, 0) is 55.3 Å². The Morgan fingerprint density at radius 3 is 2.10 bits per heavy atom. The van der Waals surface area contributed by atoms with E-state index in [4.69, 9.17) is 23.7 Å². The predicted octanol–water partition coefficient (Wildman–Crippen LogP) is 3.50. The van der Waals surface area contributed by atoms with Gasteiger partial charge in [0.1, 0.15) is 0 Å². The number of methoxy groups -OCH3 is 4. The number of ether oxygens (including phenoxy) is 5. The van der Waals surface area contributed by atoms with Gasteiger partial charge in [0, 0.05) is 19.6 Å². The van der Waals surface area contributed by atoms with E-state index in [0.717, 1.165) is 55.2 Å². The van der Waals surface area contributed by atoms with Gasteiger partial charge in [0.05, 0.1) is 41.1 Å². The average molecular weight is 431 g/mol. The molecule has 31 heavy (non-hydrogen) atoms. The summed E-state index contributed by atoms with van der Waals surface area (Å²) >= 11 is 0. The third-order valence-corrected chi connectivity index (χ3v) is 5.55. The zero-order chi connectivity index (χ0) is 22.2. The van der Waals surface area contributed by atoms with E-state index < -0.39 is 0 Å². The first kappa shape index (κ1) is 23.0. The van der Waals surface area contributed by atoms with Crippen LogP contribution in [0.5, 0.6) is 28.7 Å². The second kappa shape index (κ2) is 11.1. The molecule has 0 bridgehead atoms. The smallest absolute Gasteiger partial charge is 0.203 e. The van der Waals surface area contributed by atoms with Gasteiger partial charge in [0.25, 0.3) is 0 Å². The standard InChI is InChI=1S/C24H34N2O5/c1-6-31-20-14-17(8-9-19(20)27-2)23(26-12-7-10-25-11-13-26)18-15-21(28-3)24(30-5)22(16-18)29-4/h8-9,14-16,23,25H,6-7,10-13H2,1-5H3. The van der Waals surface area contributed by atoms with Gasteiger partial charge in [-0.3, -0.25) is 4.90 Å². The van der Waals surface area contributed by atoms with Crippen LogP contribution in [0.1, 0.15) is 30.5 Å². The van der Waals surface area contributed by atoms with Crippen LogP contribution in [0.4, 0.5) is 0 Å². The molecule has 0 aliphatic carbocycles. The van der Waals surface area contributed by atoms with Crippen LogP contribution in [0.2, 0.25) is 0 Å². The molecule has 7 nitrogen and oxygen atoms in total. The lowest BCUT2D eigenvalue weighted by Crippen LogP contribution is -2.33. The van der Waals surface area contributed by atoms with E-state index >= 15 is 0 Å². The number of hydrogen-bond donors (Lipinski definition) is 1.